The van der Waals surface area contributed by atoms with Crippen LogP contribution in [0.3, 0.4) is 0 Å². The summed E-state index contributed by atoms with van der Waals surface area (Å²) < 4.78 is 34.2. The van der Waals surface area contributed by atoms with E-state index in [0.717, 1.165) is 17.8 Å². The molecule has 0 radical (unpaired) electrons. The minimum absolute atomic E-state index is 0.118. The highest BCUT2D eigenvalue weighted by molar-refractivity contribution is 7.94. The van der Waals surface area contributed by atoms with E-state index in [1.165, 1.54) is 7.11 Å². The maximum atomic E-state index is 12.4. The number of hydrogen-bond acceptors (Lipinski definition) is 5. The Bertz CT molecular complexity index is 676. The van der Waals surface area contributed by atoms with Crippen molar-refractivity contribution in [3.05, 3.63) is 23.7 Å². The maximum absolute atomic E-state index is 12.4. The molecule has 110 valence electrons. The van der Waals surface area contributed by atoms with E-state index in [4.69, 9.17) is 4.74 Å². The molecule has 1 atom stereocenters. The summed E-state index contributed by atoms with van der Waals surface area (Å²) in [5, 5.41) is 5.84. The fourth-order valence-corrected chi connectivity index (χ4v) is 4.06. The van der Waals surface area contributed by atoms with E-state index in [2.05, 4.69) is 9.82 Å². The number of sulfonamides is 1. The molecule has 0 spiro atoms. The number of rotatable bonds is 6. The van der Waals surface area contributed by atoms with Gasteiger partial charge in [-0.2, -0.15) is 5.10 Å². The lowest BCUT2D eigenvalue weighted by atomic mass is 10.3. The monoisotopic (exact) mass is 315 g/mol. The third-order valence-corrected chi connectivity index (χ3v) is 5.78. The molecular weight excluding hydrogens is 298 g/mol. The number of nitrogens with zero attached hydrogens (tertiary/aromatic N) is 2. The number of nitrogens with one attached hydrogen (secondary N) is 1. The van der Waals surface area contributed by atoms with Gasteiger partial charge in [0.2, 0.25) is 0 Å². The molecule has 0 bridgehead atoms. The zero-order valence-electron chi connectivity index (χ0n) is 11.5. The Kier molecular flexibility index (Phi) is 4.34. The van der Waals surface area contributed by atoms with Crippen molar-refractivity contribution in [3.8, 4) is 5.75 Å². The van der Waals surface area contributed by atoms with Crippen molar-refractivity contribution < 1.29 is 13.2 Å². The quantitative estimate of drug-likeness (QED) is 0.889. The molecule has 0 aliphatic rings. The third-order valence-electron chi connectivity index (χ3n) is 2.98. The first-order valence-electron chi connectivity index (χ1n) is 6.17. The minimum Gasteiger partial charge on any atom is -0.494 e. The van der Waals surface area contributed by atoms with E-state index in [1.807, 2.05) is 13.8 Å². The molecule has 0 aliphatic heterocycles. The first kappa shape index (κ1) is 14.9. The summed E-state index contributed by atoms with van der Waals surface area (Å²) >= 11 is 1.12. The molecule has 0 saturated heterocycles. The van der Waals surface area contributed by atoms with Gasteiger partial charge in [0.25, 0.3) is 10.0 Å². The molecule has 20 heavy (non-hydrogen) atoms. The van der Waals surface area contributed by atoms with Crippen LogP contribution in [0, 0.1) is 0 Å². The second-order valence-corrected chi connectivity index (χ2v) is 7.09. The summed E-state index contributed by atoms with van der Waals surface area (Å²) in [6.45, 7) is 4.00. The highest BCUT2D eigenvalue weighted by atomic mass is 32.2. The number of ether oxygens (including phenoxy) is 1. The molecule has 8 heteroatoms. The Morgan fingerprint density at radius 1 is 1.50 bits per heavy atom. The van der Waals surface area contributed by atoms with Gasteiger partial charge in [-0.05, 0) is 24.8 Å². The van der Waals surface area contributed by atoms with E-state index in [-0.39, 0.29) is 10.3 Å². The number of anilines is 1. The van der Waals surface area contributed by atoms with Crippen molar-refractivity contribution in [1.82, 2.24) is 9.78 Å². The van der Waals surface area contributed by atoms with Gasteiger partial charge in [-0.15, -0.1) is 11.3 Å². The second-order valence-electron chi connectivity index (χ2n) is 4.30. The molecular formula is C12H17N3O3S2. The van der Waals surface area contributed by atoms with Crippen LogP contribution in [-0.2, 0) is 10.0 Å². The molecule has 0 unspecified atom stereocenters. The average molecular weight is 315 g/mol. The number of aromatic nitrogens is 2. The SMILES string of the molecule is CC[C@@H](C)n1nccc1NS(=O)(=O)c1sccc1OC. The zero-order valence-corrected chi connectivity index (χ0v) is 13.2. The van der Waals surface area contributed by atoms with Crippen LogP contribution in [0.15, 0.2) is 27.9 Å². The third kappa shape index (κ3) is 2.80. The fourth-order valence-electron chi connectivity index (χ4n) is 1.73. The predicted molar refractivity (Wildman–Crippen MR) is 78.9 cm³/mol. The van der Waals surface area contributed by atoms with Gasteiger partial charge in [-0.1, -0.05) is 6.92 Å². The second kappa shape index (κ2) is 5.84. The van der Waals surface area contributed by atoms with Gasteiger partial charge in [0.15, 0.2) is 4.21 Å². The van der Waals surface area contributed by atoms with Crippen LogP contribution >= 0.6 is 11.3 Å². The largest absolute Gasteiger partial charge is 0.494 e. The van der Waals surface area contributed by atoms with Crippen LogP contribution in [-0.4, -0.2) is 25.3 Å². The van der Waals surface area contributed by atoms with E-state index in [9.17, 15) is 8.42 Å². The number of hydrogen-bond donors (Lipinski definition) is 1. The van der Waals surface area contributed by atoms with Gasteiger partial charge >= 0.3 is 0 Å². The molecule has 0 saturated carbocycles. The van der Waals surface area contributed by atoms with E-state index in [0.29, 0.717) is 11.6 Å². The van der Waals surface area contributed by atoms with Crippen LogP contribution < -0.4 is 9.46 Å². The van der Waals surface area contributed by atoms with Gasteiger partial charge in [-0.25, -0.2) is 13.1 Å². The summed E-state index contributed by atoms with van der Waals surface area (Å²) in [5.41, 5.74) is 0. The maximum Gasteiger partial charge on any atom is 0.276 e. The van der Waals surface area contributed by atoms with Crippen molar-refractivity contribution in [2.45, 2.75) is 30.5 Å². The summed E-state index contributed by atoms with van der Waals surface area (Å²) in [6.07, 6.45) is 2.44. The number of methoxy groups -OCH3 is 1. The molecule has 0 aliphatic carbocycles. The lowest BCUT2D eigenvalue weighted by molar-refractivity contribution is 0.406. The Balaban J connectivity index is 2.32. The Morgan fingerprint density at radius 3 is 2.90 bits per heavy atom. The van der Waals surface area contributed by atoms with Crippen LogP contribution in [0.5, 0.6) is 5.75 Å². The van der Waals surface area contributed by atoms with Gasteiger partial charge in [0.05, 0.1) is 19.3 Å². The fraction of sp³-hybridized carbons (Fsp3) is 0.417. The lowest BCUT2D eigenvalue weighted by Crippen LogP contribution is -2.17. The summed E-state index contributed by atoms with van der Waals surface area (Å²) in [5.74, 6) is 0.798. The van der Waals surface area contributed by atoms with E-state index in [1.54, 1.807) is 28.4 Å². The van der Waals surface area contributed by atoms with Gasteiger partial charge in [0.1, 0.15) is 11.6 Å². The van der Waals surface area contributed by atoms with Crippen LogP contribution in [0.1, 0.15) is 26.3 Å². The Morgan fingerprint density at radius 2 is 2.25 bits per heavy atom. The smallest absolute Gasteiger partial charge is 0.276 e. The molecule has 6 nitrogen and oxygen atoms in total. The normalized spacial score (nSPS) is 13.2. The van der Waals surface area contributed by atoms with Crippen LogP contribution in [0.2, 0.25) is 0 Å². The summed E-state index contributed by atoms with van der Waals surface area (Å²) in [4.78, 5) is 0. The number of thiophene rings is 1. The molecule has 0 amide bonds. The van der Waals surface area contributed by atoms with Crippen LogP contribution in [0.25, 0.3) is 0 Å². The predicted octanol–water partition coefficient (Wildman–Crippen LogP) is 2.73. The van der Waals surface area contributed by atoms with E-state index < -0.39 is 10.0 Å². The van der Waals surface area contributed by atoms with Crippen molar-refractivity contribution in [1.29, 1.82) is 0 Å². The molecule has 0 aromatic carbocycles. The topological polar surface area (TPSA) is 73.2 Å². The van der Waals surface area contributed by atoms with E-state index >= 15 is 0 Å². The standard InChI is InChI=1S/C12H17N3O3S2/c1-4-9(2)15-11(5-7-13-15)14-20(16,17)12-10(18-3)6-8-19-12/h5-9,14H,4H2,1-3H3/t9-/m1/s1. The molecule has 2 heterocycles. The van der Waals surface area contributed by atoms with Gasteiger partial charge < -0.3 is 4.74 Å². The van der Waals surface area contributed by atoms with Crippen molar-refractivity contribution in [2.24, 2.45) is 0 Å². The highest BCUT2D eigenvalue weighted by Crippen LogP contribution is 2.31. The molecule has 2 rings (SSSR count). The van der Waals surface area contributed by atoms with Crippen molar-refractivity contribution in [3.63, 3.8) is 0 Å². The molecule has 2 aromatic heterocycles. The molecule has 1 N–H and O–H groups in total. The van der Waals surface area contributed by atoms with Gasteiger partial charge in [-0.3, -0.25) is 4.72 Å². The Hall–Kier alpha value is -1.54. The first-order chi connectivity index (χ1) is 9.49. The summed E-state index contributed by atoms with van der Waals surface area (Å²) in [7, 11) is -2.22. The Labute approximate surface area is 122 Å². The average Bonchev–Trinajstić information content (AvgIpc) is 3.05. The summed E-state index contributed by atoms with van der Waals surface area (Å²) in [6, 6.07) is 3.39. The lowest BCUT2D eigenvalue weighted by Gasteiger charge is -2.14. The van der Waals surface area contributed by atoms with Crippen molar-refractivity contribution in [2.75, 3.05) is 11.8 Å². The van der Waals surface area contributed by atoms with Gasteiger partial charge in [0, 0.05) is 6.07 Å². The zero-order chi connectivity index (χ0) is 14.8. The molecule has 0 fully saturated rings. The highest BCUT2D eigenvalue weighted by Gasteiger charge is 2.23. The first-order valence-corrected chi connectivity index (χ1v) is 8.53. The minimum atomic E-state index is -3.66. The van der Waals surface area contributed by atoms with Crippen molar-refractivity contribution >= 4 is 27.2 Å². The molecule has 2 aromatic rings. The van der Waals surface area contributed by atoms with Crippen LogP contribution in [0.4, 0.5) is 5.82 Å².